The molecule has 3 aromatic heterocycles. The Bertz CT molecular complexity index is 932. The minimum absolute atomic E-state index is 0.377. The molecular formula is C21H28N6. The molecular weight excluding hydrogens is 336 g/mol. The molecule has 2 atom stereocenters. The van der Waals surface area contributed by atoms with E-state index in [-0.39, 0.29) is 0 Å². The predicted molar refractivity (Wildman–Crippen MR) is 107 cm³/mol. The molecule has 1 fully saturated rings. The molecule has 0 aromatic carbocycles. The zero-order valence-corrected chi connectivity index (χ0v) is 16.2. The van der Waals surface area contributed by atoms with Crippen LogP contribution in [0.5, 0.6) is 0 Å². The molecule has 2 N–H and O–H groups in total. The van der Waals surface area contributed by atoms with E-state index in [0.717, 1.165) is 46.4 Å². The maximum Gasteiger partial charge on any atom is 0.129 e. The van der Waals surface area contributed by atoms with Gasteiger partial charge in [0.25, 0.3) is 0 Å². The highest BCUT2D eigenvalue weighted by Crippen LogP contribution is 2.29. The van der Waals surface area contributed by atoms with Crippen molar-refractivity contribution in [1.29, 1.82) is 0 Å². The second-order valence-corrected chi connectivity index (χ2v) is 7.81. The fourth-order valence-electron chi connectivity index (χ4n) is 4.29. The van der Waals surface area contributed by atoms with Gasteiger partial charge in [-0.25, -0.2) is 9.97 Å². The highest BCUT2D eigenvalue weighted by molar-refractivity contribution is 5.92. The van der Waals surface area contributed by atoms with Gasteiger partial charge >= 0.3 is 0 Å². The first-order chi connectivity index (χ1) is 13.1. The molecule has 1 aliphatic carbocycles. The van der Waals surface area contributed by atoms with E-state index in [1.807, 2.05) is 43.4 Å². The number of hydrogen-bond donors (Lipinski definition) is 1. The number of hydrogen-bond acceptors (Lipinski definition) is 5. The first-order valence-electron chi connectivity index (χ1n) is 9.97. The average Bonchev–Trinajstić information content (AvgIpc) is 3.00. The van der Waals surface area contributed by atoms with Crippen LogP contribution in [0.25, 0.3) is 22.0 Å². The van der Waals surface area contributed by atoms with Gasteiger partial charge in [0.1, 0.15) is 5.82 Å². The molecule has 0 saturated heterocycles. The van der Waals surface area contributed by atoms with E-state index < -0.39 is 0 Å². The van der Waals surface area contributed by atoms with E-state index in [2.05, 4.69) is 15.1 Å². The van der Waals surface area contributed by atoms with Crippen molar-refractivity contribution in [1.82, 2.24) is 24.7 Å². The van der Waals surface area contributed by atoms with Crippen LogP contribution in [0.4, 0.5) is 0 Å². The number of pyridine rings is 1. The number of aromatic nitrogens is 5. The van der Waals surface area contributed by atoms with Gasteiger partial charge in [0.2, 0.25) is 0 Å². The normalized spacial score (nSPS) is 20.3. The van der Waals surface area contributed by atoms with Crippen LogP contribution in [0.3, 0.4) is 0 Å². The molecule has 4 rings (SSSR count). The number of fused-ring (bicyclic) bond motifs is 1. The van der Waals surface area contributed by atoms with Crippen molar-refractivity contribution in [3.63, 3.8) is 0 Å². The highest BCUT2D eigenvalue weighted by Gasteiger charge is 2.21. The lowest BCUT2D eigenvalue weighted by Gasteiger charge is -2.28. The Balaban J connectivity index is 1.54. The first-order valence-corrected chi connectivity index (χ1v) is 9.97. The van der Waals surface area contributed by atoms with Crippen molar-refractivity contribution in [2.75, 3.05) is 0 Å². The summed E-state index contributed by atoms with van der Waals surface area (Å²) in [6.45, 7) is 2.02. The van der Waals surface area contributed by atoms with Gasteiger partial charge in [-0.05, 0) is 38.5 Å². The Hall–Kier alpha value is -2.34. The Morgan fingerprint density at radius 2 is 2.00 bits per heavy atom. The summed E-state index contributed by atoms with van der Waals surface area (Å²) in [6.07, 6.45) is 15.9. The van der Waals surface area contributed by atoms with Crippen LogP contribution in [0.15, 0.2) is 24.8 Å². The summed E-state index contributed by atoms with van der Waals surface area (Å²) in [7, 11) is 1.94. The molecule has 6 heteroatoms. The minimum Gasteiger partial charge on any atom is -0.327 e. The smallest absolute Gasteiger partial charge is 0.129 e. The van der Waals surface area contributed by atoms with Crippen molar-refractivity contribution in [3.8, 4) is 11.1 Å². The average molecular weight is 364 g/mol. The molecule has 3 aromatic rings. The van der Waals surface area contributed by atoms with E-state index in [1.54, 1.807) is 0 Å². The summed E-state index contributed by atoms with van der Waals surface area (Å²) in [5.41, 5.74) is 10.3. The standard InChI is InChI=1S/C21H28N6/c1-14-18(13-27(2)26-14)17-12-23-10-16-11-24-20(25-21(16)17)9-5-7-15-6-3-4-8-19(15)22/h10-13,15,19H,3-9,22H2,1-2H3/t15?,19-/m0/s1. The lowest BCUT2D eigenvalue weighted by atomic mass is 9.82. The SMILES string of the molecule is Cc1nn(C)cc1-c1cncc2cnc(CCCC3CCCC[C@@H]3N)nc12. The molecule has 0 aliphatic heterocycles. The van der Waals surface area contributed by atoms with Gasteiger partial charge in [-0.15, -0.1) is 0 Å². The summed E-state index contributed by atoms with van der Waals surface area (Å²) in [5.74, 6) is 1.57. The zero-order valence-electron chi connectivity index (χ0n) is 16.2. The Labute approximate surface area is 160 Å². The lowest BCUT2D eigenvalue weighted by molar-refractivity contribution is 0.286. The number of nitrogens with two attached hydrogens (primary N) is 1. The number of aryl methyl sites for hydroxylation is 3. The van der Waals surface area contributed by atoms with E-state index in [1.165, 1.54) is 32.1 Å². The quantitative estimate of drug-likeness (QED) is 0.748. The van der Waals surface area contributed by atoms with Crippen molar-refractivity contribution < 1.29 is 0 Å². The third kappa shape index (κ3) is 3.86. The monoisotopic (exact) mass is 364 g/mol. The molecule has 0 amide bonds. The van der Waals surface area contributed by atoms with E-state index in [9.17, 15) is 0 Å². The third-order valence-electron chi connectivity index (χ3n) is 5.79. The number of nitrogens with zero attached hydrogens (tertiary/aromatic N) is 5. The summed E-state index contributed by atoms with van der Waals surface area (Å²) < 4.78 is 1.83. The largest absolute Gasteiger partial charge is 0.327 e. The fourth-order valence-corrected chi connectivity index (χ4v) is 4.29. The third-order valence-corrected chi connectivity index (χ3v) is 5.79. The Morgan fingerprint density at radius 1 is 1.15 bits per heavy atom. The molecule has 0 radical (unpaired) electrons. The Kier molecular flexibility index (Phi) is 5.16. The minimum atomic E-state index is 0.377. The second kappa shape index (κ2) is 7.72. The molecule has 27 heavy (non-hydrogen) atoms. The summed E-state index contributed by atoms with van der Waals surface area (Å²) in [5, 5.41) is 5.43. The maximum absolute atomic E-state index is 6.29. The second-order valence-electron chi connectivity index (χ2n) is 7.81. The van der Waals surface area contributed by atoms with Crippen LogP contribution in [-0.4, -0.2) is 30.8 Å². The van der Waals surface area contributed by atoms with E-state index in [0.29, 0.717) is 12.0 Å². The maximum atomic E-state index is 6.29. The number of rotatable bonds is 5. The zero-order chi connectivity index (χ0) is 18.8. The van der Waals surface area contributed by atoms with Gasteiger partial charge in [0.15, 0.2) is 0 Å². The Morgan fingerprint density at radius 3 is 2.78 bits per heavy atom. The van der Waals surface area contributed by atoms with Gasteiger partial charge in [0, 0.05) is 60.8 Å². The molecule has 1 aliphatic rings. The topological polar surface area (TPSA) is 82.5 Å². The summed E-state index contributed by atoms with van der Waals surface area (Å²) in [6, 6.07) is 0.377. The van der Waals surface area contributed by atoms with Gasteiger partial charge in [-0.2, -0.15) is 5.10 Å². The van der Waals surface area contributed by atoms with Gasteiger partial charge < -0.3 is 5.73 Å². The highest BCUT2D eigenvalue weighted by atomic mass is 15.2. The summed E-state index contributed by atoms with van der Waals surface area (Å²) in [4.78, 5) is 13.8. The van der Waals surface area contributed by atoms with Crippen LogP contribution in [0, 0.1) is 12.8 Å². The van der Waals surface area contributed by atoms with Gasteiger partial charge in [0.05, 0.1) is 11.2 Å². The van der Waals surface area contributed by atoms with Gasteiger partial charge in [-0.1, -0.05) is 12.8 Å². The van der Waals surface area contributed by atoms with E-state index in [4.69, 9.17) is 10.7 Å². The molecule has 1 unspecified atom stereocenters. The first kappa shape index (κ1) is 18.0. The van der Waals surface area contributed by atoms with Crippen LogP contribution in [-0.2, 0) is 13.5 Å². The van der Waals surface area contributed by atoms with Crippen LogP contribution < -0.4 is 5.73 Å². The summed E-state index contributed by atoms with van der Waals surface area (Å²) >= 11 is 0. The van der Waals surface area contributed by atoms with Crippen molar-refractivity contribution in [2.24, 2.45) is 18.7 Å². The molecule has 6 nitrogen and oxygen atoms in total. The fraction of sp³-hybridized carbons (Fsp3) is 0.524. The predicted octanol–water partition coefficient (Wildman–Crippen LogP) is 3.57. The molecule has 0 spiro atoms. The van der Waals surface area contributed by atoms with Crippen LogP contribution in [0.2, 0.25) is 0 Å². The van der Waals surface area contributed by atoms with Crippen LogP contribution in [0.1, 0.15) is 50.0 Å². The van der Waals surface area contributed by atoms with Crippen LogP contribution >= 0.6 is 0 Å². The van der Waals surface area contributed by atoms with Crippen molar-refractivity contribution in [3.05, 3.63) is 36.3 Å². The van der Waals surface area contributed by atoms with E-state index >= 15 is 0 Å². The molecule has 142 valence electrons. The van der Waals surface area contributed by atoms with Crippen molar-refractivity contribution >= 4 is 10.9 Å². The van der Waals surface area contributed by atoms with Crippen molar-refractivity contribution in [2.45, 2.75) is 57.9 Å². The van der Waals surface area contributed by atoms with Gasteiger partial charge in [-0.3, -0.25) is 9.67 Å². The molecule has 1 saturated carbocycles. The lowest BCUT2D eigenvalue weighted by Crippen LogP contribution is -2.33. The molecule has 0 bridgehead atoms. The molecule has 3 heterocycles.